The summed E-state index contributed by atoms with van der Waals surface area (Å²) in [5, 5.41) is 12.7. The summed E-state index contributed by atoms with van der Waals surface area (Å²) in [5.41, 5.74) is 7.84. The number of carbonyl (C=O) groups excluding carboxylic acids is 2. The van der Waals surface area contributed by atoms with Crippen LogP contribution in [0.4, 0.5) is 4.79 Å². The second-order valence-corrected chi connectivity index (χ2v) is 11.6. The van der Waals surface area contributed by atoms with Gasteiger partial charge in [-0.15, -0.1) is 0 Å². The first-order valence-electron chi connectivity index (χ1n) is 13.9. The number of aliphatic hydroxyl groups is 1. The van der Waals surface area contributed by atoms with Crippen molar-refractivity contribution in [2.45, 2.75) is 69.1 Å². The topological polar surface area (TPSA) is 100 Å². The molecule has 2 saturated carbocycles. The van der Waals surface area contributed by atoms with Crippen LogP contribution in [0, 0.1) is 5.92 Å². The van der Waals surface area contributed by atoms with Gasteiger partial charge in [0, 0.05) is 42.1 Å². The number of ketones is 1. The molecule has 206 valence electrons. The SMILES string of the molecule is COc1ccc2c(c1)[C@]13CCN(CC4CC4)[C@H](C2)[C@]1(O)C/C(=C(\C)NNC(=O)OCc1ccccc1)C(=O)C3. The number of hydrazine groups is 1. The Balaban J connectivity index is 1.26. The van der Waals surface area contributed by atoms with Gasteiger partial charge in [0.05, 0.1) is 12.7 Å². The van der Waals surface area contributed by atoms with Gasteiger partial charge in [0.25, 0.3) is 0 Å². The van der Waals surface area contributed by atoms with Gasteiger partial charge in [-0.2, -0.15) is 0 Å². The average molecular weight is 532 g/mol. The number of allylic oxidation sites excluding steroid dienone is 1. The summed E-state index contributed by atoms with van der Waals surface area (Å²) >= 11 is 0. The van der Waals surface area contributed by atoms with Crippen molar-refractivity contribution in [2.24, 2.45) is 5.92 Å². The molecule has 3 atom stereocenters. The van der Waals surface area contributed by atoms with Crippen molar-refractivity contribution in [3.05, 3.63) is 76.5 Å². The van der Waals surface area contributed by atoms with Crippen LogP contribution in [0.15, 0.2) is 59.8 Å². The normalized spacial score (nSPS) is 29.1. The number of hydrogen-bond acceptors (Lipinski definition) is 7. The van der Waals surface area contributed by atoms with E-state index in [1.807, 2.05) is 42.5 Å². The number of hydrogen-bond donors (Lipinski definition) is 3. The number of nitrogens with one attached hydrogen (secondary N) is 2. The fourth-order valence-electron chi connectivity index (χ4n) is 7.05. The van der Waals surface area contributed by atoms with Crippen molar-refractivity contribution in [2.75, 3.05) is 20.2 Å². The van der Waals surface area contributed by atoms with E-state index in [1.54, 1.807) is 14.0 Å². The smallest absolute Gasteiger partial charge is 0.426 e. The molecule has 0 aromatic heterocycles. The highest BCUT2D eigenvalue weighted by atomic mass is 16.6. The van der Waals surface area contributed by atoms with Crippen LogP contribution < -0.4 is 15.6 Å². The molecule has 8 heteroatoms. The molecule has 39 heavy (non-hydrogen) atoms. The number of Topliss-reactive ketones (excluding diaryl/α,β-unsaturated/α-hetero) is 1. The van der Waals surface area contributed by atoms with Gasteiger partial charge in [-0.25, -0.2) is 10.2 Å². The fraction of sp³-hybridized carbons (Fsp3) is 0.484. The molecule has 2 aromatic rings. The van der Waals surface area contributed by atoms with E-state index in [0.717, 1.165) is 42.8 Å². The van der Waals surface area contributed by atoms with E-state index in [2.05, 4.69) is 21.8 Å². The number of ether oxygens (including phenoxy) is 2. The minimum atomic E-state index is -1.11. The van der Waals surface area contributed by atoms with E-state index in [0.29, 0.717) is 17.2 Å². The average Bonchev–Trinajstić information content (AvgIpc) is 3.76. The van der Waals surface area contributed by atoms with E-state index in [-0.39, 0.29) is 31.3 Å². The van der Waals surface area contributed by atoms with Gasteiger partial charge in [0.1, 0.15) is 12.4 Å². The van der Waals surface area contributed by atoms with Crippen LogP contribution in [0.1, 0.15) is 55.7 Å². The van der Waals surface area contributed by atoms with Gasteiger partial charge >= 0.3 is 6.09 Å². The van der Waals surface area contributed by atoms with Crippen molar-refractivity contribution in [3.8, 4) is 5.75 Å². The maximum atomic E-state index is 13.7. The van der Waals surface area contributed by atoms with Crippen LogP contribution in [0.25, 0.3) is 0 Å². The largest absolute Gasteiger partial charge is 0.497 e. The third-order valence-electron chi connectivity index (χ3n) is 9.34. The van der Waals surface area contributed by atoms with E-state index in [1.165, 1.54) is 18.4 Å². The Morgan fingerprint density at radius 1 is 1.13 bits per heavy atom. The van der Waals surface area contributed by atoms with Crippen molar-refractivity contribution in [3.63, 3.8) is 0 Å². The second kappa shape index (κ2) is 9.99. The molecule has 6 rings (SSSR count). The third-order valence-corrected chi connectivity index (χ3v) is 9.34. The van der Waals surface area contributed by atoms with Gasteiger partial charge < -0.3 is 14.6 Å². The van der Waals surface area contributed by atoms with Crippen molar-refractivity contribution < 1.29 is 24.2 Å². The van der Waals surface area contributed by atoms with Crippen LogP contribution in [0.5, 0.6) is 5.75 Å². The molecule has 8 nitrogen and oxygen atoms in total. The van der Waals surface area contributed by atoms with Crippen molar-refractivity contribution >= 4 is 11.9 Å². The van der Waals surface area contributed by atoms with Gasteiger partial charge in [-0.3, -0.25) is 15.1 Å². The molecule has 2 aromatic carbocycles. The maximum absolute atomic E-state index is 13.7. The highest BCUT2D eigenvalue weighted by Gasteiger charge is 2.66. The molecule has 3 aliphatic carbocycles. The van der Waals surface area contributed by atoms with Crippen molar-refractivity contribution in [1.82, 2.24) is 15.8 Å². The fourth-order valence-corrected chi connectivity index (χ4v) is 7.05. The molecular weight excluding hydrogens is 494 g/mol. The lowest BCUT2D eigenvalue weighted by Crippen LogP contribution is -2.73. The summed E-state index contributed by atoms with van der Waals surface area (Å²) in [6, 6.07) is 15.5. The number of benzene rings is 2. The van der Waals surface area contributed by atoms with E-state index in [9.17, 15) is 14.7 Å². The van der Waals surface area contributed by atoms with E-state index in [4.69, 9.17) is 9.47 Å². The Kier molecular flexibility index (Phi) is 6.63. The summed E-state index contributed by atoms with van der Waals surface area (Å²) in [6.45, 7) is 3.78. The maximum Gasteiger partial charge on any atom is 0.426 e. The molecule has 1 saturated heterocycles. The molecule has 2 bridgehead atoms. The molecule has 4 aliphatic rings. The van der Waals surface area contributed by atoms with Gasteiger partial charge in [-0.05, 0) is 73.9 Å². The summed E-state index contributed by atoms with van der Waals surface area (Å²) in [5.74, 6) is 1.44. The summed E-state index contributed by atoms with van der Waals surface area (Å²) in [4.78, 5) is 28.5. The first kappa shape index (κ1) is 25.9. The minimum Gasteiger partial charge on any atom is -0.497 e. The Morgan fingerprint density at radius 3 is 2.67 bits per heavy atom. The molecule has 1 heterocycles. The monoisotopic (exact) mass is 531 g/mol. The van der Waals surface area contributed by atoms with Crippen molar-refractivity contribution in [1.29, 1.82) is 0 Å². The number of amides is 1. The number of fused-ring (bicyclic) bond motifs is 1. The molecule has 0 radical (unpaired) electrons. The zero-order valence-corrected chi connectivity index (χ0v) is 22.7. The highest BCUT2D eigenvalue weighted by Crippen LogP contribution is 2.59. The van der Waals surface area contributed by atoms with E-state index >= 15 is 0 Å². The molecule has 1 aliphatic heterocycles. The Morgan fingerprint density at radius 2 is 1.92 bits per heavy atom. The highest BCUT2D eigenvalue weighted by molar-refractivity contribution is 5.99. The predicted molar refractivity (Wildman–Crippen MR) is 146 cm³/mol. The minimum absolute atomic E-state index is 0.00538. The number of piperidine rings is 1. The predicted octanol–water partition coefficient (Wildman–Crippen LogP) is 3.77. The molecule has 1 amide bonds. The van der Waals surface area contributed by atoms with Crippen LogP contribution in [0.2, 0.25) is 0 Å². The lowest BCUT2D eigenvalue weighted by atomic mass is 9.48. The van der Waals surface area contributed by atoms with Crippen LogP contribution in [-0.2, 0) is 28.0 Å². The van der Waals surface area contributed by atoms with Crippen LogP contribution in [-0.4, -0.2) is 53.7 Å². The van der Waals surface area contributed by atoms with Gasteiger partial charge in [0.15, 0.2) is 5.78 Å². The zero-order chi connectivity index (χ0) is 27.2. The Bertz CT molecular complexity index is 1310. The second-order valence-electron chi connectivity index (χ2n) is 11.6. The Hall–Kier alpha value is -3.36. The molecular formula is C31H37N3O5. The quantitative estimate of drug-likeness (QED) is 0.369. The number of nitrogens with zero attached hydrogens (tertiary/aromatic N) is 1. The number of carbonyl (C=O) groups is 2. The lowest BCUT2D eigenvalue weighted by molar-refractivity contribution is -0.164. The molecule has 0 unspecified atom stereocenters. The van der Waals surface area contributed by atoms with Crippen LogP contribution >= 0.6 is 0 Å². The molecule has 3 N–H and O–H groups in total. The van der Waals surface area contributed by atoms with E-state index < -0.39 is 17.1 Å². The Labute approximate surface area is 229 Å². The van der Waals surface area contributed by atoms with Gasteiger partial charge in [-0.1, -0.05) is 36.4 Å². The number of rotatable bonds is 7. The third kappa shape index (κ3) is 4.59. The summed E-state index contributed by atoms with van der Waals surface area (Å²) < 4.78 is 10.8. The zero-order valence-electron chi connectivity index (χ0n) is 22.7. The molecule has 3 fully saturated rings. The molecule has 0 spiro atoms. The summed E-state index contributed by atoms with van der Waals surface area (Å²) in [6.07, 6.45) is 3.78. The first-order chi connectivity index (χ1) is 18.8. The van der Waals surface area contributed by atoms with Crippen LogP contribution in [0.3, 0.4) is 0 Å². The number of methoxy groups -OCH3 is 1. The van der Waals surface area contributed by atoms with Gasteiger partial charge in [0.2, 0.25) is 0 Å². The first-order valence-corrected chi connectivity index (χ1v) is 13.9. The lowest BCUT2D eigenvalue weighted by Gasteiger charge is -2.63. The standard InChI is InChI=1S/C31H37N3O5/c1-20(32-33-29(36)39-19-22-6-4-3-5-7-22)25-16-31(37)28-14-23-10-11-24(38-2)15-26(23)30(31,17-27(25)35)12-13-34(28)18-21-8-9-21/h3-7,10-11,15,21,28,32,37H,8-9,12-14,16-19H2,1-2H3,(H,33,36)/b25-20-/t28-,30-,31-/m1/s1. The number of likely N-dealkylation sites (tertiary alicyclic amines) is 1. The summed E-state index contributed by atoms with van der Waals surface area (Å²) in [7, 11) is 1.65.